The Balaban J connectivity index is 2.14. The Morgan fingerprint density at radius 2 is 1.89 bits per heavy atom. The molecular weight excluding hydrogens is 232 g/mol. The molecule has 4 nitrogen and oxygen atoms in total. The van der Waals surface area contributed by atoms with Crippen LogP contribution in [0.5, 0.6) is 5.75 Å². The molecule has 0 aliphatic rings. The molecule has 0 radical (unpaired) electrons. The maximum atomic E-state index is 10.7. The number of hydrogen-bond acceptors (Lipinski definition) is 4. The largest absolute Gasteiger partial charge is 0.493 e. The molecule has 0 spiro atoms. The molecule has 1 aromatic carbocycles. The molecule has 0 unspecified atom stereocenters. The zero-order valence-electron chi connectivity index (χ0n) is 10.6. The third kappa shape index (κ3) is 5.48. The van der Waals surface area contributed by atoms with E-state index in [-0.39, 0.29) is 5.97 Å². The van der Waals surface area contributed by atoms with E-state index in [2.05, 4.69) is 0 Å². The molecule has 0 atom stereocenters. The van der Waals surface area contributed by atoms with Gasteiger partial charge in [-0.15, -0.1) is 0 Å². The van der Waals surface area contributed by atoms with Crippen LogP contribution in [0, 0.1) is 0 Å². The Morgan fingerprint density at radius 1 is 1.17 bits per heavy atom. The average molecular weight is 250 g/mol. The molecule has 1 rings (SSSR count). The first-order chi connectivity index (χ1) is 8.74. The van der Waals surface area contributed by atoms with Gasteiger partial charge in [0.2, 0.25) is 0 Å². The van der Waals surface area contributed by atoms with E-state index in [1.165, 1.54) is 6.92 Å². The van der Waals surface area contributed by atoms with E-state index in [4.69, 9.17) is 9.47 Å². The number of ether oxygens (including phenoxy) is 2. The molecule has 1 aromatic rings. The number of hydrogen-bond donors (Lipinski definition) is 0. The van der Waals surface area contributed by atoms with Crippen molar-refractivity contribution >= 4 is 12.3 Å². The van der Waals surface area contributed by atoms with Crippen molar-refractivity contribution in [1.29, 1.82) is 0 Å². The minimum Gasteiger partial charge on any atom is -0.493 e. The van der Waals surface area contributed by atoms with Crippen LogP contribution in [0.15, 0.2) is 24.3 Å². The van der Waals surface area contributed by atoms with Crippen LogP contribution in [0.4, 0.5) is 0 Å². The van der Waals surface area contributed by atoms with E-state index in [1.807, 2.05) is 6.07 Å². The predicted octanol–water partition coefficient (Wildman–Crippen LogP) is 2.61. The summed E-state index contributed by atoms with van der Waals surface area (Å²) in [6.07, 6.45) is 3.42. The van der Waals surface area contributed by atoms with Gasteiger partial charge >= 0.3 is 5.97 Å². The lowest BCUT2D eigenvalue weighted by atomic mass is 10.2. The molecule has 0 bridgehead atoms. The van der Waals surface area contributed by atoms with Crippen LogP contribution < -0.4 is 4.74 Å². The summed E-state index contributed by atoms with van der Waals surface area (Å²) in [6, 6.07) is 7.14. The zero-order valence-corrected chi connectivity index (χ0v) is 10.6. The first kappa shape index (κ1) is 14.2. The van der Waals surface area contributed by atoms with Crippen LogP contribution in [0.25, 0.3) is 0 Å². The van der Waals surface area contributed by atoms with Crippen LogP contribution in [-0.4, -0.2) is 25.5 Å². The molecule has 0 saturated carbocycles. The van der Waals surface area contributed by atoms with Crippen molar-refractivity contribution < 1.29 is 19.1 Å². The predicted molar refractivity (Wildman–Crippen MR) is 67.8 cm³/mol. The van der Waals surface area contributed by atoms with Crippen LogP contribution in [0.1, 0.15) is 36.5 Å². The van der Waals surface area contributed by atoms with Crippen molar-refractivity contribution in [3.8, 4) is 5.75 Å². The fourth-order valence-corrected chi connectivity index (χ4v) is 1.49. The summed E-state index contributed by atoms with van der Waals surface area (Å²) in [7, 11) is 0. The molecule has 0 amide bonds. The van der Waals surface area contributed by atoms with Crippen molar-refractivity contribution in [3.05, 3.63) is 29.8 Å². The maximum Gasteiger partial charge on any atom is 0.302 e. The standard InChI is InChI=1S/C14H18O4/c1-12(16)17-9-5-2-6-10-18-14-8-4-3-7-13(14)11-15/h3-4,7-8,11H,2,5-6,9-10H2,1H3. The van der Waals surface area contributed by atoms with Gasteiger partial charge in [0, 0.05) is 6.92 Å². The fourth-order valence-electron chi connectivity index (χ4n) is 1.49. The first-order valence-corrected chi connectivity index (χ1v) is 6.04. The fraction of sp³-hybridized carbons (Fsp3) is 0.429. The van der Waals surface area contributed by atoms with Crippen molar-refractivity contribution in [1.82, 2.24) is 0 Å². The molecule has 0 aliphatic carbocycles. The lowest BCUT2D eigenvalue weighted by Crippen LogP contribution is -2.03. The van der Waals surface area contributed by atoms with Gasteiger partial charge in [-0.25, -0.2) is 0 Å². The molecule has 0 fully saturated rings. The van der Waals surface area contributed by atoms with Gasteiger partial charge in [0.25, 0.3) is 0 Å². The summed E-state index contributed by atoms with van der Waals surface area (Å²) in [5.41, 5.74) is 0.567. The van der Waals surface area contributed by atoms with Crippen molar-refractivity contribution in [2.45, 2.75) is 26.2 Å². The highest BCUT2D eigenvalue weighted by atomic mass is 16.5. The highest BCUT2D eigenvalue weighted by Gasteiger charge is 2.00. The van der Waals surface area contributed by atoms with E-state index >= 15 is 0 Å². The Morgan fingerprint density at radius 3 is 2.61 bits per heavy atom. The maximum absolute atomic E-state index is 10.7. The molecule has 98 valence electrons. The van der Waals surface area contributed by atoms with Gasteiger partial charge in [-0.05, 0) is 31.4 Å². The van der Waals surface area contributed by atoms with E-state index < -0.39 is 0 Å². The van der Waals surface area contributed by atoms with Crippen LogP contribution in [-0.2, 0) is 9.53 Å². The number of carbonyl (C=O) groups is 2. The second kappa shape index (κ2) is 8.28. The van der Waals surface area contributed by atoms with E-state index in [9.17, 15) is 9.59 Å². The van der Waals surface area contributed by atoms with E-state index in [0.29, 0.717) is 24.5 Å². The number of benzene rings is 1. The summed E-state index contributed by atoms with van der Waals surface area (Å²) < 4.78 is 10.3. The van der Waals surface area contributed by atoms with Crippen LogP contribution in [0.2, 0.25) is 0 Å². The summed E-state index contributed by atoms with van der Waals surface area (Å²) in [5.74, 6) is 0.374. The highest BCUT2D eigenvalue weighted by molar-refractivity contribution is 5.79. The molecule has 4 heteroatoms. The second-order valence-electron chi connectivity index (χ2n) is 3.90. The molecule has 0 saturated heterocycles. The van der Waals surface area contributed by atoms with Crippen molar-refractivity contribution in [3.63, 3.8) is 0 Å². The monoisotopic (exact) mass is 250 g/mol. The van der Waals surface area contributed by atoms with Gasteiger partial charge in [-0.1, -0.05) is 12.1 Å². The quantitative estimate of drug-likeness (QED) is 0.404. The summed E-state index contributed by atoms with van der Waals surface area (Å²) in [6.45, 7) is 2.42. The lowest BCUT2D eigenvalue weighted by Gasteiger charge is -2.07. The third-order valence-corrected chi connectivity index (χ3v) is 2.40. The summed E-state index contributed by atoms with van der Waals surface area (Å²) in [5, 5.41) is 0. The Hall–Kier alpha value is -1.84. The molecular formula is C14H18O4. The second-order valence-corrected chi connectivity index (χ2v) is 3.90. The number of unbranched alkanes of at least 4 members (excludes halogenated alkanes) is 2. The number of aldehydes is 1. The number of rotatable bonds is 8. The minimum absolute atomic E-state index is 0.244. The highest BCUT2D eigenvalue weighted by Crippen LogP contribution is 2.15. The zero-order chi connectivity index (χ0) is 13.2. The molecule has 0 aliphatic heterocycles. The van der Waals surface area contributed by atoms with Gasteiger partial charge in [-0.2, -0.15) is 0 Å². The summed E-state index contributed by atoms with van der Waals surface area (Å²) in [4.78, 5) is 21.2. The first-order valence-electron chi connectivity index (χ1n) is 6.04. The van der Waals surface area contributed by atoms with Crippen molar-refractivity contribution in [2.24, 2.45) is 0 Å². The topological polar surface area (TPSA) is 52.6 Å². The minimum atomic E-state index is -0.244. The Kier molecular flexibility index (Phi) is 6.54. The van der Waals surface area contributed by atoms with Gasteiger partial charge in [0.1, 0.15) is 5.75 Å². The number of esters is 1. The SMILES string of the molecule is CC(=O)OCCCCCOc1ccccc1C=O. The van der Waals surface area contributed by atoms with Crippen LogP contribution >= 0.6 is 0 Å². The number of para-hydroxylation sites is 1. The third-order valence-electron chi connectivity index (χ3n) is 2.40. The Bertz CT molecular complexity index is 387. The van der Waals surface area contributed by atoms with Gasteiger partial charge < -0.3 is 9.47 Å². The molecule has 0 N–H and O–H groups in total. The average Bonchev–Trinajstić information content (AvgIpc) is 2.37. The lowest BCUT2D eigenvalue weighted by molar-refractivity contribution is -0.141. The smallest absolute Gasteiger partial charge is 0.302 e. The molecule has 0 heterocycles. The Labute approximate surface area is 107 Å². The van der Waals surface area contributed by atoms with Gasteiger partial charge in [0.15, 0.2) is 6.29 Å². The van der Waals surface area contributed by atoms with E-state index in [1.54, 1.807) is 18.2 Å². The number of carbonyl (C=O) groups excluding carboxylic acids is 2. The van der Waals surface area contributed by atoms with Crippen LogP contribution in [0.3, 0.4) is 0 Å². The normalized spacial score (nSPS) is 9.83. The van der Waals surface area contributed by atoms with E-state index in [0.717, 1.165) is 25.5 Å². The summed E-state index contributed by atoms with van der Waals surface area (Å²) >= 11 is 0. The van der Waals surface area contributed by atoms with Gasteiger partial charge in [-0.3, -0.25) is 9.59 Å². The van der Waals surface area contributed by atoms with Crippen molar-refractivity contribution in [2.75, 3.05) is 13.2 Å². The van der Waals surface area contributed by atoms with Gasteiger partial charge in [0.05, 0.1) is 18.8 Å². The molecule has 0 aromatic heterocycles. The molecule has 18 heavy (non-hydrogen) atoms.